The van der Waals surface area contributed by atoms with Crippen molar-refractivity contribution in [2.75, 3.05) is 19.5 Å². The average Bonchev–Trinajstić information content (AvgIpc) is 2.93. The topological polar surface area (TPSA) is 63.4 Å². The number of rotatable bonds is 5. The lowest BCUT2D eigenvalue weighted by Gasteiger charge is -2.10. The predicted molar refractivity (Wildman–Crippen MR) is 80.2 cm³/mol. The lowest BCUT2D eigenvalue weighted by molar-refractivity contribution is 0.0594. The smallest absolute Gasteiger partial charge is 0.354 e. The lowest BCUT2D eigenvalue weighted by Crippen LogP contribution is -2.04. The number of anilines is 1. The average molecular weight is 339 g/mol. The molecule has 2 rings (SSSR count). The number of aromatic amines is 1. The Kier molecular flexibility index (Phi) is 4.68. The number of methoxy groups -OCH3 is 2. The van der Waals surface area contributed by atoms with Crippen LogP contribution in [0.5, 0.6) is 5.75 Å². The van der Waals surface area contributed by atoms with Crippen molar-refractivity contribution in [3.8, 4) is 5.75 Å². The summed E-state index contributed by atoms with van der Waals surface area (Å²) in [6.07, 6.45) is 0. The summed E-state index contributed by atoms with van der Waals surface area (Å²) in [6, 6.07) is 9.25. The molecule has 0 saturated carbocycles. The molecule has 0 radical (unpaired) electrons. The maximum atomic E-state index is 11.3. The number of H-pyrrole nitrogens is 1. The van der Waals surface area contributed by atoms with Crippen molar-refractivity contribution in [3.63, 3.8) is 0 Å². The molecule has 5 nitrogen and oxygen atoms in total. The number of nitrogens with one attached hydrogen (secondary N) is 2. The second kappa shape index (κ2) is 6.47. The molecule has 0 aliphatic carbocycles. The van der Waals surface area contributed by atoms with Crippen molar-refractivity contribution in [2.45, 2.75) is 6.54 Å². The first-order valence-corrected chi connectivity index (χ1v) is 6.77. The van der Waals surface area contributed by atoms with Crippen molar-refractivity contribution in [1.82, 2.24) is 4.98 Å². The third kappa shape index (κ3) is 3.33. The minimum absolute atomic E-state index is 0.378. The van der Waals surface area contributed by atoms with Crippen LogP contribution in [0.15, 0.2) is 34.8 Å². The van der Waals surface area contributed by atoms with E-state index in [9.17, 15) is 4.79 Å². The van der Waals surface area contributed by atoms with Crippen LogP contribution in [0, 0.1) is 0 Å². The van der Waals surface area contributed by atoms with Crippen LogP contribution in [-0.2, 0) is 11.3 Å². The fourth-order valence-electron chi connectivity index (χ4n) is 1.78. The molecule has 2 aromatic rings. The van der Waals surface area contributed by atoms with Crippen molar-refractivity contribution >= 4 is 27.6 Å². The van der Waals surface area contributed by atoms with Crippen LogP contribution >= 0.6 is 15.9 Å². The lowest BCUT2D eigenvalue weighted by atomic mass is 10.3. The summed E-state index contributed by atoms with van der Waals surface area (Å²) in [6.45, 7) is 0.545. The van der Waals surface area contributed by atoms with Gasteiger partial charge in [0.1, 0.15) is 11.4 Å². The molecule has 0 aliphatic rings. The van der Waals surface area contributed by atoms with Gasteiger partial charge in [-0.1, -0.05) is 15.9 Å². The Bertz CT molecular complexity index is 610. The third-order valence-corrected chi connectivity index (χ3v) is 3.28. The molecule has 0 fully saturated rings. The van der Waals surface area contributed by atoms with Crippen LogP contribution in [0.25, 0.3) is 0 Å². The molecule has 0 spiro atoms. The predicted octanol–water partition coefficient (Wildman–Crippen LogP) is 3.18. The van der Waals surface area contributed by atoms with E-state index in [0.29, 0.717) is 12.2 Å². The van der Waals surface area contributed by atoms with Gasteiger partial charge in [-0.25, -0.2) is 4.79 Å². The van der Waals surface area contributed by atoms with Crippen LogP contribution in [-0.4, -0.2) is 25.2 Å². The molecule has 1 aromatic heterocycles. The highest BCUT2D eigenvalue weighted by atomic mass is 79.9. The summed E-state index contributed by atoms with van der Waals surface area (Å²) in [4.78, 5) is 14.3. The molecule has 0 unspecified atom stereocenters. The Labute approximate surface area is 125 Å². The molecule has 6 heteroatoms. The number of carbonyl (C=O) groups excluding carboxylic acids is 1. The number of hydrogen-bond donors (Lipinski definition) is 2. The summed E-state index contributed by atoms with van der Waals surface area (Å²) in [5.41, 5.74) is 2.19. The van der Waals surface area contributed by atoms with Crippen molar-refractivity contribution < 1.29 is 14.3 Å². The van der Waals surface area contributed by atoms with Crippen LogP contribution in [0.1, 0.15) is 16.2 Å². The first-order valence-electron chi connectivity index (χ1n) is 5.97. The van der Waals surface area contributed by atoms with Gasteiger partial charge >= 0.3 is 5.97 Å². The Balaban J connectivity index is 2.07. The van der Waals surface area contributed by atoms with Gasteiger partial charge in [0.05, 0.1) is 26.5 Å². The molecule has 1 heterocycles. The molecule has 0 atom stereocenters. The molecule has 106 valence electrons. The van der Waals surface area contributed by atoms with E-state index < -0.39 is 0 Å². The fourth-order valence-corrected chi connectivity index (χ4v) is 2.14. The van der Waals surface area contributed by atoms with Gasteiger partial charge in [0, 0.05) is 10.2 Å². The monoisotopic (exact) mass is 338 g/mol. The van der Waals surface area contributed by atoms with Crippen molar-refractivity contribution in [1.29, 1.82) is 0 Å². The molecule has 0 amide bonds. The number of carbonyl (C=O) groups is 1. The van der Waals surface area contributed by atoms with Gasteiger partial charge in [0.15, 0.2) is 0 Å². The van der Waals surface area contributed by atoms with Crippen LogP contribution in [0.4, 0.5) is 5.69 Å². The number of benzene rings is 1. The maximum Gasteiger partial charge on any atom is 0.354 e. The molecular formula is C14H15BrN2O3. The SMILES string of the molecule is COC(=O)c1ccc(CNc2cc(Br)ccc2OC)[nH]1. The number of ether oxygens (including phenoxy) is 2. The Hall–Kier alpha value is -1.95. The summed E-state index contributed by atoms with van der Waals surface area (Å²) in [5.74, 6) is 0.379. The zero-order valence-corrected chi connectivity index (χ0v) is 12.8. The van der Waals surface area contributed by atoms with Gasteiger partial charge < -0.3 is 19.8 Å². The summed E-state index contributed by atoms with van der Waals surface area (Å²) in [5, 5.41) is 3.25. The van der Waals surface area contributed by atoms with Gasteiger partial charge in [-0.05, 0) is 30.3 Å². The number of halogens is 1. The van der Waals surface area contributed by atoms with E-state index in [1.165, 1.54) is 7.11 Å². The van der Waals surface area contributed by atoms with E-state index in [1.807, 2.05) is 24.3 Å². The van der Waals surface area contributed by atoms with E-state index in [2.05, 4.69) is 31.0 Å². The van der Waals surface area contributed by atoms with Gasteiger partial charge in [0.2, 0.25) is 0 Å². The van der Waals surface area contributed by atoms with Crippen molar-refractivity contribution in [3.05, 3.63) is 46.2 Å². The largest absolute Gasteiger partial charge is 0.495 e. The van der Waals surface area contributed by atoms with E-state index >= 15 is 0 Å². The van der Waals surface area contributed by atoms with Crippen LogP contribution in [0.3, 0.4) is 0 Å². The quantitative estimate of drug-likeness (QED) is 0.822. The molecule has 20 heavy (non-hydrogen) atoms. The number of esters is 1. The van der Waals surface area contributed by atoms with Gasteiger partial charge in [0.25, 0.3) is 0 Å². The van der Waals surface area contributed by atoms with Crippen LogP contribution < -0.4 is 10.1 Å². The second-order valence-corrected chi connectivity index (χ2v) is 5.00. The van der Waals surface area contributed by atoms with E-state index in [0.717, 1.165) is 21.6 Å². The van der Waals surface area contributed by atoms with Gasteiger partial charge in [-0.3, -0.25) is 0 Å². The van der Waals surface area contributed by atoms with E-state index in [-0.39, 0.29) is 5.97 Å². The summed E-state index contributed by atoms with van der Waals surface area (Å²) >= 11 is 3.42. The zero-order valence-electron chi connectivity index (χ0n) is 11.2. The minimum Gasteiger partial charge on any atom is -0.495 e. The molecule has 2 N–H and O–H groups in total. The maximum absolute atomic E-state index is 11.3. The van der Waals surface area contributed by atoms with Gasteiger partial charge in [-0.15, -0.1) is 0 Å². The molecule has 1 aromatic carbocycles. The highest BCUT2D eigenvalue weighted by Gasteiger charge is 2.08. The zero-order chi connectivity index (χ0) is 14.5. The van der Waals surface area contributed by atoms with E-state index in [4.69, 9.17) is 4.74 Å². The number of hydrogen-bond acceptors (Lipinski definition) is 4. The van der Waals surface area contributed by atoms with Crippen LogP contribution in [0.2, 0.25) is 0 Å². The third-order valence-electron chi connectivity index (χ3n) is 2.78. The Morgan fingerprint density at radius 1 is 1.30 bits per heavy atom. The normalized spacial score (nSPS) is 10.2. The standard InChI is InChI=1S/C14H15BrN2O3/c1-19-13-6-3-9(15)7-12(13)16-8-10-4-5-11(17-10)14(18)20-2/h3-7,16-17H,8H2,1-2H3. The Morgan fingerprint density at radius 3 is 2.80 bits per heavy atom. The molecular weight excluding hydrogens is 324 g/mol. The minimum atomic E-state index is -0.378. The number of aromatic nitrogens is 1. The van der Waals surface area contributed by atoms with E-state index in [1.54, 1.807) is 13.2 Å². The molecule has 0 aliphatic heterocycles. The summed E-state index contributed by atoms with van der Waals surface area (Å²) < 4.78 is 10.9. The Morgan fingerprint density at radius 2 is 2.10 bits per heavy atom. The van der Waals surface area contributed by atoms with Gasteiger partial charge in [-0.2, -0.15) is 0 Å². The first kappa shape index (κ1) is 14.5. The highest BCUT2D eigenvalue weighted by molar-refractivity contribution is 9.10. The summed E-state index contributed by atoms with van der Waals surface area (Å²) in [7, 11) is 2.98. The second-order valence-electron chi connectivity index (χ2n) is 4.09. The fraction of sp³-hybridized carbons (Fsp3) is 0.214. The first-order chi connectivity index (χ1) is 9.63. The highest BCUT2D eigenvalue weighted by Crippen LogP contribution is 2.28. The molecule has 0 bridgehead atoms. The van der Waals surface area contributed by atoms with Crippen molar-refractivity contribution in [2.24, 2.45) is 0 Å². The molecule has 0 saturated heterocycles.